The second-order valence-corrected chi connectivity index (χ2v) is 14.4. The van der Waals surface area contributed by atoms with Gasteiger partial charge in [-0.05, 0) is 66.5 Å². The van der Waals surface area contributed by atoms with Gasteiger partial charge in [-0.1, -0.05) is 135 Å². The maximum atomic E-state index is 6.08. The fourth-order valence-corrected chi connectivity index (χ4v) is 8.76. The summed E-state index contributed by atoms with van der Waals surface area (Å²) in [5.74, 6) is 2.48. The molecular weight excluding hydrogens is 609 g/mol. The van der Waals surface area contributed by atoms with Crippen LogP contribution in [-0.2, 0) is 0 Å². The SMILES string of the molecule is c1cc(OCCC2CCCCC2)cc(-c2n[nH]c3ccc(-c4ncn[nH]4)cc23)c1.c1ccc(P(c2ccccc2)c2ccccc2)cc1. The highest BCUT2D eigenvalue weighted by Crippen LogP contribution is 2.33. The second-order valence-electron chi connectivity index (χ2n) is 12.2. The number of hydrogen-bond acceptors (Lipinski definition) is 4. The van der Waals surface area contributed by atoms with Crippen molar-refractivity contribution in [2.75, 3.05) is 6.61 Å². The summed E-state index contributed by atoms with van der Waals surface area (Å²) in [6.07, 6.45) is 9.53. The van der Waals surface area contributed by atoms with E-state index in [1.165, 1.54) is 54.3 Å². The van der Waals surface area contributed by atoms with Crippen LogP contribution in [-0.4, -0.2) is 32.0 Å². The molecule has 0 saturated heterocycles. The van der Waals surface area contributed by atoms with Gasteiger partial charge in [-0.2, -0.15) is 10.2 Å². The zero-order valence-corrected chi connectivity index (χ0v) is 27.9. The molecule has 0 amide bonds. The Labute approximate surface area is 283 Å². The zero-order valence-electron chi connectivity index (χ0n) is 27.0. The van der Waals surface area contributed by atoms with Gasteiger partial charge in [-0.3, -0.25) is 10.2 Å². The summed E-state index contributed by atoms with van der Waals surface area (Å²) in [7, 11) is -0.446. The predicted octanol–water partition coefficient (Wildman–Crippen LogP) is 8.81. The van der Waals surface area contributed by atoms with E-state index in [0.29, 0.717) is 0 Å². The molecule has 0 bridgehead atoms. The van der Waals surface area contributed by atoms with Crippen LogP contribution < -0.4 is 20.7 Å². The maximum absolute atomic E-state index is 6.08. The summed E-state index contributed by atoms with van der Waals surface area (Å²) in [6, 6.07) is 46.7. The van der Waals surface area contributed by atoms with Gasteiger partial charge in [-0.15, -0.1) is 0 Å². The van der Waals surface area contributed by atoms with Crippen molar-refractivity contribution in [2.45, 2.75) is 38.5 Å². The average Bonchev–Trinajstić information content (AvgIpc) is 3.85. The summed E-state index contributed by atoms with van der Waals surface area (Å²) in [4.78, 5) is 4.25. The topological polar surface area (TPSA) is 79.5 Å². The third-order valence-electron chi connectivity index (χ3n) is 8.92. The Morgan fingerprint density at radius 1 is 0.646 bits per heavy atom. The van der Waals surface area contributed by atoms with Crippen molar-refractivity contribution >= 4 is 34.7 Å². The largest absolute Gasteiger partial charge is 0.494 e. The molecule has 1 aliphatic rings. The lowest BCUT2D eigenvalue weighted by molar-refractivity contribution is 0.246. The van der Waals surface area contributed by atoms with Crippen LogP contribution >= 0.6 is 7.92 Å². The van der Waals surface area contributed by atoms with Gasteiger partial charge in [0.05, 0.1) is 12.1 Å². The van der Waals surface area contributed by atoms with Crippen molar-refractivity contribution in [3.63, 3.8) is 0 Å². The highest BCUT2D eigenvalue weighted by Gasteiger charge is 2.16. The van der Waals surface area contributed by atoms with E-state index in [1.807, 2.05) is 24.3 Å². The van der Waals surface area contributed by atoms with E-state index in [9.17, 15) is 0 Å². The molecule has 240 valence electrons. The number of rotatable bonds is 9. The molecule has 1 fully saturated rings. The van der Waals surface area contributed by atoms with E-state index in [1.54, 1.807) is 0 Å². The van der Waals surface area contributed by atoms with Crippen molar-refractivity contribution in [3.05, 3.63) is 140 Å². The molecule has 0 radical (unpaired) electrons. The molecule has 0 unspecified atom stereocenters. The molecule has 2 N–H and O–H groups in total. The molecule has 5 aromatic carbocycles. The van der Waals surface area contributed by atoms with Crippen LogP contribution in [0.3, 0.4) is 0 Å². The number of H-pyrrole nitrogens is 2. The Hall–Kier alpha value is -5.06. The summed E-state index contributed by atoms with van der Waals surface area (Å²) >= 11 is 0. The van der Waals surface area contributed by atoms with Crippen molar-refractivity contribution in [2.24, 2.45) is 5.92 Å². The minimum Gasteiger partial charge on any atom is -0.494 e. The van der Waals surface area contributed by atoms with Gasteiger partial charge in [0.1, 0.15) is 17.8 Å². The molecule has 8 rings (SSSR count). The standard InChI is InChI=1S/C23H25N5O.C18H15P/c1-2-5-16(6-3-1)11-12-29-19-8-4-7-17(13-19)22-20-14-18(23-24-15-25-28-23)9-10-21(20)26-27-22;1-4-10-16(11-5-1)19(17-12-6-2-7-13-17)18-14-8-3-9-15-18/h4,7-10,13-16H,1-3,5-6,11-12H2,(H,26,27)(H,24,25,28);1-15H. The summed E-state index contributed by atoms with van der Waals surface area (Å²) in [5.41, 5.74) is 3.93. The van der Waals surface area contributed by atoms with E-state index in [-0.39, 0.29) is 0 Å². The lowest BCUT2D eigenvalue weighted by Crippen LogP contribution is -2.20. The number of hydrogen-bond donors (Lipinski definition) is 2. The van der Waals surface area contributed by atoms with E-state index >= 15 is 0 Å². The Kier molecular flexibility index (Phi) is 10.3. The first-order chi connectivity index (χ1) is 23.8. The number of fused-ring (bicyclic) bond motifs is 1. The first kappa shape index (κ1) is 31.5. The lowest BCUT2D eigenvalue weighted by Gasteiger charge is -2.21. The molecule has 2 heterocycles. The van der Waals surface area contributed by atoms with Crippen molar-refractivity contribution < 1.29 is 4.74 Å². The van der Waals surface area contributed by atoms with Crippen molar-refractivity contribution in [1.82, 2.24) is 25.4 Å². The van der Waals surface area contributed by atoms with Crippen LogP contribution in [0, 0.1) is 5.92 Å². The van der Waals surface area contributed by atoms with Gasteiger partial charge >= 0.3 is 0 Å². The van der Waals surface area contributed by atoms with Crippen LogP contribution in [0.15, 0.2) is 140 Å². The number of aromatic nitrogens is 5. The van der Waals surface area contributed by atoms with Crippen LogP contribution in [0.2, 0.25) is 0 Å². The Morgan fingerprint density at radius 3 is 1.94 bits per heavy atom. The zero-order chi connectivity index (χ0) is 32.4. The number of nitrogens with zero attached hydrogens (tertiary/aromatic N) is 3. The fourth-order valence-electron chi connectivity index (χ4n) is 6.46. The molecule has 1 aliphatic carbocycles. The number of ether oxygens (including phenoxy) is 1. The first-order valence-electron chi connectivity index (χ1n) is 16.8. The van der Waals surface area contributed by atoms with Gasteiger partial charge in [-0.25, -0.2) is 4.98 Å². The van der Waals surface area contributed by atoms with E-state index in [4.69, 9.17) is 4.74 Å². The monoisotopic (exact) mass is 649 g/mol. The molecule has 0 atom stereocenters. The van der Waals surface area contributed by atoms with Crippen molar-refractivity contribution in [1.29, 1.82) is 0 Å². The highest BCUT2D eigenvalue weighted by atomic mass is 31.1. The van der Waals surface area contributed by atoms with Crippen LogP contribution in [0.1, 0.15) is 38.5 Å². The van der Waals surface area contributed by atoms with Gasteiger partial charge < -0.3 is 4.74 Å². The second kappa shape index (κ2) is 15.7. The molecule has 2 aromatic heterocycles. The Morgan fingerprint density at radius 2 is 1.31 bits per heavy atom. The van der Waals surface area contributed by atoms with E-state index < -0.39 is 7.92 Å². The highest BCUT2D eigenvalue weighted by molar-refractivity contribution is 7.79. The third kappa shape index (κ3) is 7.73. The van der Waals surface area contributed by atoms with Gasteiger partial charge in [0.15, 0.2) is 5.82 Å². The van der Waals surface area contributed by atoms with Crippen molar-refractivity contribution in [3.8, 4) is 28.4 Å². The molecule has 6 nitrogen and oxygen atoms in total. The van der Waals surface area contributed by atoms with Crippen LogP contribution in [0.25, 0.3) is 33.5 Å². The number of nitrogens with one attached hydrogen (secondary N) is 2. The molecule has 0 aliphatic heterocycles. The van der Waals surface area contributed by atoms with Crippen LogP contribution in [0.5, 0.6) is 5.75 Å². The quantitative estimate of drug-likeness (QED) is 0.153. The Bertz CT molecular complexity index is 1900. The van der Waals surface area contributed by atoms with Gasteiger partial charge in [0.25, 0.3) is 0 Å². The summed E-state index contributed by atoms with van der Waals surface area (Å²) in [5, 5.41) is 19.8. The normalized spacial score (nSPS) is 13.3. The lowest BCUT2D eigenvalue weighted by atomic mass is 9.87. The molecule has 0 spiro atoms. The Balaban J connectivity index is 0.000000166. The van der Waals surface area contributed by atoms with Gasteiger partial charge in [0, 0.05) is 16.5 Å². The average molecular weight is 650 g/mol. The van der Waals surface area contributed by atoms with Crippen LogP contribution in [0.4, 0.5) is 0 Å². The minimum absolute atomic E-state index is 0.446. The fraction of sp³-hybridized carbons (Fsp3) is 0.195. The molecule has 1 saturated carbocycles. The number of benzene rings is 5. The molecular formula is C41H40N5OP. The van der Waals surface area contributed by atoms with Gasteiger partial charge in [0.2, 0.25) is 0 Å². The smallest absolute Gasteiger partial charge is 0.155 e. The molecule has 48 heavy (non-hydrogen) atoms. The molecule has 7 heteroatoms. The number of aromatic amines is 2. The first-order valence-corrected chi connectivity index (χ1v) is 18.2. The van der Waals surface area contributed by atoms with E-state index in [2.05, 4.69) is 135 Å². The summed E-state index contributed by atoms with van der Waals surface area (Å²) < 4.78 is 6.08. The summed E-state index contributed by atoms with van der Waals surface area (Å²) in [6.45, 7) is 0.783. The predicted molar refractivity (Wildman–Crippen MR) is 199 cm³/mol. The van der Waals surface area contributed by atoms with E-state index in [0.717, 1.165) is 58.2 Å². The molecule has 7 aromatic rings. The maximum Gasteiger partial charge on any atom is 0.155 e. The minimum atomic E-state index is -0.446. The third-order valence-corrected chi connectivity index (χ3v) is 11.4.